The van der Waals surface area contributed by atoms with Crippen molar-refractivity contribution in [3.63, 3.8) is 0 Å². The Balaban J connectivity index is 1.92. The van der Waals surface area contributed by atoms with Crippen molar-refractivity contribution in [2.45, 2.75) is 25.6 Å². The fourth-order valence-electron chi connectivity index (χ4n) is 2.31. The third kappa shape index (κ3) is 6.40. The Morgan fingerprint density at radius 2 is 2.08 bits per heavy atom. The first-order valence-electron chi connectivity index (χ1n) is 8.00. The lowest BCUT2D eigenvalue weighted by Crippen LogP contribution is -2.36. The zero-order valence-electron chi connectivity index (χ0n) is 14.1. The van der Waals surface area contributed by atoms with E-state index >= 15 is 0 Å². The number of carboxylic acid groups (broad SMARTS) is 1. The quantitative estimate of drug-likeness (QED) is 0.674. The van der Waals surface area contributed by atoms with Crippen molar-refractivity contribution in [2.24, 2.45) is 0 Å². The molecule has 0 saturated carbocycles. The third-order valence-corrected chi connectivity index (χ3v) is 4.36. The normalized spacial score (nSPS) is 11.9. The van der Waals surface area contributed by atoms with E-state index in [0.29, 0.717) is 24.3 Å². The van der Waals surface area contributed by atoms with E-state index in [1.807, 2.05) is 24.5 Å². The van der Waals surface area contributed by atoms with Crippen LogP contribution in [0.15, 0.2) is 48.5 Å². The lowest BCUT2D eigenvalue weighted by atomic mass is 10.1. The van der Waals surface area contributed by atoms with E-state index in [-0.39, 0.29) is 12.4 Å². The van der Waals surface area contributed by atoms with Crippen LogP contribution in [0.2, 0.25) is 0 Å². The number of thioether (sulfide) groups is 1. The van der Waals surface area contributed by atoms with Gasteiger partial charge in [0.1, 0.15) is 24.2 Å². The molecule has 2 aromatic rings. The Morgan fingerprint density at radius 1 is 1.28 bits per heavy atom. The molecule has 2 rings (SSSR count). The molecule has 0 unspecified atom stereocenters. The maximum Gasteiger partial charge on any atom is 0.320 e. The smallest absolute Gasteiger partial charge is 0.320 e. The van der Waals surface area contributed by atoms with Crippen LogP contribution in [-0.4, -0.2) is 29.1 Å². The number of halogens is 1. The first-order valence-corrected chi connectivity index (χ1v) is 9.40. The van der Waals surface area contributed by atoms with Crippen LogP contribution >= 0.6 is 11.8 Å². The van der Waals surface area contributed by atoms with Gasteiger partial charge in [-0.05, 0) is 42.2 Å². The van der Waals surface area contributed by atoms with Crippen molar-refractivity contribution in [3.05, 3.63) is 65.5 Å². The number of ether oxygens (including phenoxy) is 1. The Morgan fingerprint density at radius 3 is 2.80 bits per heavy atom. The fraction of sp³-hybridized carbons (Fsp3) is 0.316. The van der Waals surface area contributed by atoms with Crippen molar-refractivity contribution in [1.82, 2.24) is 5.32 Å². The number of rotatable bonds is 10. The summed E-state index contributed by atoms with van der Waals surface area (Å²) in [6, 6.07) is 13.3. The molecule has 6 heteroatoms. The Bertz CT molecular complexity index is 696. The number of hydrogen-bond donors (Lipinski definition) is 2. The third-order valence-electron chi connectivity index (χ3n) is 3.71. The number of hydrogen-bond acceptors (Lipinski definition) is 4. The van der Waals surface area contributed by atoms with Crippen molar-refractivity contribution in [2.75, 3.05) is 12.0 Å². The van der Waals surface area contributed by atoms with Crippen LogP contribution in [0, 0.1) is 5.82 Å². The second kappa shape index (κ2) is 10.1. The lowest BCUT2D eigenvalue weighted by molar-refractivity contribution is -0.139. The Labute approximate surface area is 151 Å². The molecular weight excluding hydrogens is 341 g/mol. The van der Waals surface area contributed by atoms with Gasteiger partial charge in [0, 0.05) is 12.1 Å². The largest absolute Gasteiger partial charge is 0.489 e. The van der Waals surface area contributed by atoms with Gasteiger partial charge in [-0.3, -0.25) is 4.79 Å². The highest BCUT2D eigenvalue weighted by Crippen LogP contribution is 2.16. The summed E-state index contributed by atoms with van der Waals surface area (Å²) >= 11 is 1.62. The second-order valence-electron chi connectivity index (χ2n) is 5.58. The second-order valence-corrected chi connectivity index (χ2v) is 6.57. The SMILES string of the molecule is CSCC[C@@H](NCc1cccc(OCc2ccccc2F)c1)C(=O)O. The van der Waals surface area contributed by atoms with Crippen LogP contribution < -0.4 is 10.1 Å². The summed E-state index contributed by atoms with van der Waals surface area (Å²) in [6.07, 6.45) is 2.52. The van der Waals surface area contributed by atoms with Gasteiger partial charge in [-0.2, -0.15) is 11.8 Å². The maximum absolute atomic E-state index is 13.6. The summed E-state index contributed by atoms with van der Waals surface area (Å²) < 4.78 is 19.3. The predicted molar refractivity (Wildman–Crippen MR) is 98.4 cm³/mol. The molecule has 0 aromatic heterocycles. The predicted octanol–water partition coefficient (Wildman–Crippen LogP) is 3.70. The first-order chi connectivity index (χ1) is 12.1. The molecule has 4 nitrogen and oxygen atoms in total. The average molecular weight is 363 g/mol. The molecule has 1 atom stereocenters. The van der Waals surface area contributed by atoms with E-state index in [1.54, 1.807) is 36.0 Å². The van der Waals surface area contributed by atoms with Crippen LogP contribution in [0.25, 0.3) is 0 Å². The van der Waals surface area contributed by atoms with E-state index in [0.717, 1.165) is 11.3 Å². The van der Waals surface area contributed by atoms with Crippen molar-refractivity contribution < 1.29 is 19.0 Å². The summed E-state index contributed by atoms with van der Waals surface area (Å²) in [7, 11) is 0. The molecule has 2 N–H and O–H groups in total. The minimum absolute atomic E-state index is 0.148. The first kappa shape index (κ1) is 19.3. The number of benzene rings is 2. The number of carbonyl (C=O) groups is 1. The van der Waals surface area contributed by atoms with Gasteiger partial charge in [0.15, 0.2) is 0 Å². The van der Waals surface area contributed by atoms with Gasteiger partial charge < -0.3 is 15.2 Å². The molecular formula is C19H22FNO3S. The van der Waals surface area contributed by atoms with Crippen molar-refractivity contribution >= 4 is 17.7 Å². The van der Waals surface area contributed by atoms with Crippen LogP contribution in [0.5, 0.6) is 5.75 Å². The van der Waals surface area contributed by atoms with E-state index in [4.69, 9.17) is 4.74 Å². The molecule has 0 aliphatic heterocycles. The molecule has 25 heavy (non-hydrogen) atoms. The number of nitrogens with one attached hydrogen (secondary N) is 1. The Kier molecular flexibility index (Phi) is 7.76. The van der Waals surface area contributed by atoms with Crippen LogP contribution in [0.4, 0.5) is 4.39 Å². The van der Waals surface area contributed by atoms with Gasteiger partial charge in [-0.15, -0.1) is 0 Å². The van der Waals surface area contributed by atoms with E-state index in [9.17, 15) is 14.3 Å². The maximum atomic E-state index is 13.6. The van der Waals surface area contributed by atoms with E-state index < -0.39 is 12.0 Å². The highest BCUT2D eigenvalue weighted by atomic mass is 32.2. The highest BCUT2D eigenvalue weighted by molar-refractivity contribution is 7.98. The minimum Gasteiger partial charge on any atom is -0.489 e. The molecule has 0 bridgehead atoms. The van der Waals surface area contributed by atoms with E-state index in [2.05, 4.69) is 5.32 Å². The summed E-state index contributed by atoms with van der Waals surface area (Å²) in [5, 5.41) is 12.3. The number of carboxylic acids is 1. The van der Waals surface area contributed by atoms with Gasteiger partial charge in [-0.1, -0.05) is 30.3 Å². The molecule has 2 aromatic carbocycles. The van der Waals surface area contributed by atoms with Crippen LogP contribution in [-0.2, 0) is 17.9 Å². The van der Waals surface area contributed by atoms with Gasteiger partial charge in [-0.25, -0.2) is 4.39 Å². The van der Waals surface area contributed by atoms with Gasteiger partial charge in [0.25, 0.3) is 0 Å². The molecule has 0 spiro atoms. The fourth-order valence-corrected chi connectivity index (χ4v) is 2.78. The summed E-state index contributed by atoms with van der Waals surface area (Å²) in [5.74, 6) is 0.272. The number of aliphatic carboxylic acids is 1. The average Bonchev–Trinajstić information content (AvgIpc) is 2.61. The zero-order chi connectivity index (χ0) is 18.1. The van der Waals surface area contributed by atoms with Crippen molar-refractivity contribution in [1.29, 1.82) is 0 Å². The van der Waals surface area contributed by atoms with Gasteiger partial charge in [0.05, 0.1) is 0 Å². The molecule has 0 aliphatic carbocycles. The zero-order valence-corrected chi connectivity index (χ0v) is 14.9. The lowest BCUT2D eigenvalue weighted by Gasteiger charge is -2.14. The Hall–Kier alpha value is -2.05. The standard InChI is InChI=1S/C19H22FNO3S/c1-25-10-9-18(19(22)23)21-12-14-5-4-7-16(11-14)24-13-15-6-2-3-8-17(15)20/h2-8,11,18,21H,9-10,12-13H2,1H3,(H,22,23)/t18-/m1/s1. The minimum atomic E-state index is -0.846. The molecule has 0 aliphatic rings. The van der Waals surface area contributed by atoms with Gasteiger partial charge in [0.2, 0.25) is 0 Å². The molecule has 0 radical (unpaired) electrons. The molecule has 134 valence electrons. The van der Waals surface area contributed by atoms with Crippen LogP contribution in [0.1, 0.15) is 17.5 Å². The summed E-state index contributed by atoms with van der Waals surface area (Å²) in [4.78, 5) is 11.3. The van der Waals surface area contributed by atoms with E-state index in [1.165, 1.54) is 6.07 Å². The molecule has 0 saturated heterocycles. The molecule has 0 amide bonds. The van der Waals surface area contributed by atoms with Crippen LogP contribution in [0.3, 0.4) is 0 Å². The van der Waals surface area contributed by atoms with Crippen molar-refractivity contribution in [3.8, 4) is 5.75 Å². The summed E-state index contributed by atoms with van der Waals surface area (Å²) in [6.45, 7) is 0.581. The molecule has 0 fully saturated rings. The highest BCUT2D eigenvalue weighted by Gasteiger charge is 2.15. The molecule has 0 heterocycles. The summed E-state index contributed by atoms with van der Waals surface area (Å²) in [5.41, 5.74) is 1.41. The monoisotopic (exact) mass is 363 g/mol. The van der Waals surface area contributed by atoms with Gasteiger partial charge >= 0.3 is 5.97 Å². The topological polar surface area (TPSA) is 58.6 Å².